The molecule has 2 heterocycles. The fourth-order valence-corrected chi connectivity index (χ4v) is 4.31. The van der Waals surface area contributed by atoms with Gasteiger partial charge in [-0.25, -0.2) is 9.59 Å². The maximum atomic E-state index is 11.7. The summed E-state index contributed by atoms with van der Waals surface area (Å²) in [6.45, 7) is 0.638. The molecule has 2 aliphatic rings. The molecule has 7 heteroatoms. The second-order valence-corrected chi connectivity index (χ2v) is 7.68. The van der Waals surface area contributed by atoms with E-state index in [1.165, 1.54) is 0 Å². The molecule has 0 aromatic heterocycles. The van der Waals surface area contributed by atoms with Crippen LogP contribution in [0.3, 0.4) is 0 Å². The van der Waals surface area contributed by atoms with Crippen molar-refractivity contribution in [2.24, 2.45) is 0 Å². The number of esters is 2. The highest BCUT2D eigenvalue weighted by Gasteiger charge is 2.54. The van der Waals surface area contributed by atoms with Crippen LogP contribution in [-0.2, 0) is 19.1 Å². The third-order valence-electron chi connectivity index (χ3n) is 4.40. The van der Waals surface area contributed by atoms with Crippen LogP contribution in [-0.4, -0.2) is 24.4 Å². The first-order valence-corrected chi connectivity index (χ1v) is 9.53. The molecule has 0 atom stereocenters. The van der Waals surface area contributed by atoms with Gasteiger partial charge in [-0.15, -0.1) is 0 Å². The second-order valence-electron chi connectivity index (χ2n) is 6.12. The van der Waals surface area contributed by atoms with Crippen molar-refractivity contribution < 1.29 is 19.1 Å². The molecule has 4 rings (SSSR count). The Kier molecular flexibility index (Phi) is 4.54. The Balaban J connectivity index is 1.69. The topological polar surface area (TPSA) is 55.8 Å². The fourth-order valence-electron chi connectivity index (χ4n) is 3.23. The zero-order chi connectivity index (χ0) is 18.1. The van der Waals surface area contributed by atoms with Crippen molar-refractivity contribution in [1.29, 1.82) is 0 Å². The Morgan fingerprint density at radius 2 is 1.65 bits per heavy atom. The van der Waals surface area contributed by atoms with Gasteiger partial charge in [0, 0.05) is 27.8 Å². The Hall–Kier alpha value is -2.18. The molecule has 0 amide bonds. The molecule has 26 heavy (non-hydrogen) atoms. The monoisotopic (exact) mass is 389 g/mol. The van der Waals surface area contributed by atoms with E-state index >= 15 is 0 Å². The van der Waals surface area contributed by atoms with E-state index in [2.05, 4.69) is 0 Å². The zero-order valence-electron chi connectivity index (χ0n) is 13.8. The highest BCUT2D eigenvalue weighted by atomic mass is 35.5. The SMILES string of the molecule is O=C1OC2(CCCCN2c2ccccc2Sc2ccc(Cl)cc2)OC1=O. The lowest BCUT2D eigenvalue weighted by Crippen LogP contribution is -2.53. The van der Waals surface area contributed by atoms with Gasteiger partial charge in [-0.1, -0.05) is 35.5 Å². The fraction of sp³-hybridized carbons (Fsp3) is 0.263. The summed E-state index contributed by atoms with van der Waals surface area (Å²) in [4.78, 5) is 27.3. The predicted octanol–water partition coefficient (Wildman–Crippen LogP) is 4.24. The first kappa shape index (κ1) is 17.2. The highest BCUT2D eigenvalue weighted by Crippen LogP contribution is 2.43. The molecule has 1 spiro atoms. The number of carbonyl (C=O) groups is 2. The van der Waals surface area contributed by atoms with E-state index in [9.17, 15) is 9.59 Å². The normalized spacial score (nSPS) is 18.7. The smallest absolute Gasteiger partial charge is 0.395 e. The molecule has 2 fully saturated rings. The van der Waals surface area contributed by atoms with Gasteiger partial charge >= 0.3 is 17.8 Å². The Morgan fingerprint density at radius 1 is 0.962 bits per heavy atom. The quantitative estimate of drug-likeness (QED) is 0.578. The van der Waals surface area contributed by atoms with E-state index in [4.69, 9.17) is 21.1 Å². The minimum absolute atomic E-state index is 0.463. The molecule has 0 bridgehead atoms. The van der Waals surface area contributed by atoms with Crippen LogP contribution in [0.25, 0.3) is 0 Å². The summed E-state index contributed by atoms with van der Waals surface area (Å²) in [7, 11) is 0. The van der Waals surface area contributed by atoms with Crippen LogP contribution in [0.1, 0.15) is 19.3 Å². The van der Waals surface area contributed by atoms with Gasteiger partial charge in [0.25, 0.3) is 0 Å². The summed E-state index contributed by atoms with van der Waals surface area (Å²) in [6.07, 6.45) is 2.21. The van der Waals surface area contributed by atoms with Gasteiger partial charge in [0.2, 0.25) is 0 Å². The minimum atomic E-state index is -1.33. The van der Waals surface area contributed by atoms with Crippen molar-refractivity contribution in [3.63, 3.8) is 0 Å². The van der Waals surface area contributed by atoms with Gasteiger partial charge < -0.3 is 9.47 Å². The predicted molar refractivity (Wildman–Crippen MR) is 98.1 cm³/mol. The van der Waals surface area contributed by atoms with Gasteiger partial charge in [-0.3, -0.25) is 4.90 Å². The van der Waals surface area contributed by atoms with Crippen LogP contribution in [0.2, 0.25) is 5.02 Å². The lowest BCUT2D eigenvalue weighted by Gasteiger charge is -2.42. The molecule has 2 aromatic rings. The number of hydrogen-bond acceptors (Lipinski definition) is 6. The number of carbonyl (C=O) groups excluding carboxylic acids is 2. The summed E-state index contributed by atoms with van der Waals surface area (Å²) in [6, 6.07) is 15.4. The third-order valence-corrected chi connectivity index (χ3v) is 5.73. The lowest BCUT2D eigenvalue weighted by atomic mass is 10.1. The van der Waals surface area contributed by atoms with Crippen LogP contribution in [0.4, 0.5) is 5.69 Å². The summed E-state index contributed by atoms with van der Waals surface area (Å²) < 4.78 is 10.8. The highest BCUT2D eigenvalue weighted by molar-refractivity contribution is 7.99. The Morgan fingerprint density at radius 3 is 2.38 bits per heavy atom. The van der Waals surface area contributed by atoms with E-state index in [0.717, 1.165) is 28.3 Å². The van der Waals surface area contributed by atoms with E-state index in [0.29, 0.717) is 18.0 Å². The number of para-hydroxylation sites is 1. The van der Waals surface area contributed by atoms with Crippen molar-refractivity contribution in [3.05, 3.63) is 53.6 Å². The van der Waals surface area contributed by atoms with Crippen LogP contribution in [0, 0.1) is 0 Å². The summed E-state index contributed by atoms with van der Waals surface area (Å²) in [5.74, 6) is -3.19. The first-order valence-electron chi connectivity index (χ1n) is 8.34. The molecular weight excluding hydrogens is 374 g/mol. The molecule has 0 unspecified atom stereocenters. The Bertz CT molecular complexity index is 839. The number of hydrogen-bond donors (Lipinski definition) is 0. The van der Waals surface area contributed by atoms with Gasteiger partial charge in [0.15, 0.2) is 0 Å². The van der Waals surface area contributed by atoms with Gasteiger partial charge in [-0.05, 0) is 49.2 Å². The Labute approximate surface area is 160 Å². The molecule has 5 nitrogen and oxygen atoms in total. The average molecular weight is 390 g/mol. The number of nitrogens with zero attached hydrogens (tertiary/aromatic N) is 1. The van der Waals surface area contributed by atoms with E-state index in [-0.39, 0.29) is 0 Å². The molecule has 0 N–H and O–H groups in total. The summed E-state index contributed by atoms with van der Waals surface area (Å²) in [5, 5.41) is 0.683. The van der Waals surface area contributed by atoms with Crippen LogP contribution in [0.5, 0.6) is 0 Å². The number of halogens is 1. The molecule has 0 aliphatic carbocycles. The second kappa shape index (κ2) is 6.85. The molecule has 2 aromatic carbocycles. The van der Waals surface area contributed by atoms with Crippen LogP contribution >= 0.6 is 23.4 Å². The summed E-state index contributed by atoms with van der Waals surface area (Å²) >= 11 is 7.54. The molecule has 134 valence electrons. The molecule has 0 radical (unpaired) electrons. The molecule has 2 saturated heterocycles. The van der Waals surface area contributed by atoms with Crippen molar-refractivity contribution >= 4 is 41.0 Å². The third kappa shape index (κ3) is 3.15. The molecule has 0 saturated carbocycles. The number of piperidine rings is 1. The van der Waals surface area contributed by atoms with Crippen molar-refractivity contribution in [2.45, 2.75) is 35.0 Å². The molecule has 2 aliphatic heterocycles. The zero-order valence-corrected chi connectivity index (χ0v) is 15.4. The number of ether oxygens (including phenoxy) is 2. The minimum Gasteiger partial charge on any atom is -0.395 e. The van der Waals surface area contributed by atoms with Gasteiger partial charge in [-0.2, -0.15) is 0 Å². The molecular formula is C19H16ClNO4S. The average Bonchev–Trinajstić information content (AvgIpc) is 2.92. The number of rotatable bonds is 3. The largest absolute Gasteiger partial charge is 0.422 e. The van der Waals surface area contributed by atoms with Crippen molar-refractivity contribution in [2.75, 3.05) is 11.4 Å². The first-order chi connectivity index (χ1) is 12.6. The van der Waals surface area contributed by atoms with E-state index in [1.807, 2.05) is 53.4 Å². The van der Waals surface area contributed by atoms with Crippen molar-refractivity contribution in [3.8, 4) is 0 Å². The maximum Gasteiger partial charge on any atom is 0.422 e. The van der Waals surface area contributed by atoms with Gasteiger partial charge in [0.1, 0.15) is 0 Å². The van der Waals surface area contributed by atoms with Crippen molar-refractivity contribution in [1.82, 2.24) is 0 Å². The maximum absolute atomic E-state index is 11.7. The lowest BCUT2D eigenvalue weighted by molar-refractivity contribution is -0.185. The van der Waals surface area contributed by atoms with E-state index < -0.39 is 17.8 Å². The van der Waals surface area contributed by atoms with Crippen LogP contribution in [0.15, 0.2) is 58.3 Å². The van der Waals surface area contributed by atoms with E-state index in [1.54, 1.807) is 11.8 Å². The number of benzene rings is 2. The number of anilines is 1. The standard InChI is InChI=1S/C19H16ClNO4S/c20-13-7-9-14(10-8-13)26-16-6-2-1-5-15(16)21-12-4-3-11-19(21)24-17(22)18(23)25-19/h1-2,5-10H,3-4,11-12H2. The summed E-state index contributed by atoms with van der Waals surface area (Å²) in [5.41, 5.74) is 0.870. The van der Waals surface area contributed by atoms with Crippen LogP contribution < -0.4 is 4.90 Å². The van der Waals surface area contributed by atoms with Gasteiger partial charge in [0.05, 0.1) is 5.69 Å².